The zero-order valence-electron chi connectivity index (χ0n) is 13.6. The van der Waals surface area contributed by atoms with E-state index in [9.17, 15) is 9.59 Å². The van der Waals surface area contributed by atoms with Crippen LogP contribution in [-0.4, -0.2) is 65.4 Å². The smallest absolute Gasteiger partial charge is 0.254 e. The van der Waals surface area contributed by atoms with Gasteiger partial charge < -0.3 is 14.8 Å². The standard InChI is InChI=1S/C17H21N3O2S/c1-19(2)14-9-20(10-15(14)23-3)17(22)12-8-16(21)18-13-7-5-4-6-11(12)13/h4-8,14-15H,9-10H2,1-3H3,(H,18,21). The minimum Gasteiger partial charge on any atom is -0.336 e. The van der Waals surface area contributed by atoms with Crippen LogP contribution in [0.5, 0.6) is 0 Å². The highest BCUT2D eigenvalue weighted by Gasteiger charge is 2.36. The monoisotopic (exact) mass is 331 g/mol. The van der Waals surface area contributed by atoms with Crippen molar-refractivity contribution in [2.24, 2.45) is 0 Å². The molecule has 6 heteroatoms. The normalized spacial score (nSPS) is 21.3. The number of benzene rings is 1. The number of hydrogen-bond donors (Lipinski definition) is 1. The van der Waals surface area contributed by atoms with E-state index in [1.54, 1.807) is 11.8 Å². The van der Waals surface area contributed by atoms with Crippen LogP contribution in [0.4, 0.5) is 0 Å². The Morgan fingerprint density at radius 1 is 1.30 bits per heavy atom. The van der Waals surface area contributed by atoms with Gasteiger partial charge in [0.2, 0.25) is 5.56 Å². The summed E-state index contributed by atoms with van der Waals surface area (Å²) in [6.45, 7) is 1.41. The first-order valence-corrected chi connectivity index (χ1v) is 8.90. The molecule has 2 aromatic rings. The van der Waals surface area contributed by atoms with Crippen LogP contribution in [0, 0.1) is 0 Å². The lowest BCUT2D eigenvalue weighted by molar-refractivity contribution is 0.0785. The van der Waals surface area contributed by atoms with Crippen molar-refractivity contribution in [3.63, 3.8) is 0 Å². The maximum atomic E-state index is 13.0. The van der Waals surface area contributed by atoms with E-state index >= 15 is 0 Å². The lowest BCUT2D eigenvalue weighted by Gasteiger charge is -2.23. The second-order valence-electron chi connectivity index (χ2n) is 6.11. The zero-order chi connectivity index (χ0) is 16.6. The molecule has 0 aliphatic carbocycles. The SMILES string of the molecule is CSC1CN(C(=O)c2cc(=O)[nH]c3ccccc23)CC1N(C)C. The summed E-state index contributed by atoms with van der Waals surface area (Å²) in [4.78, 5) is 31.7. The number of fused-ring (bicyclic) bond motifs is 1. The number of H-pyrrole nitrogens is 1. The second-order valence-corrected chi connectivity index (χ2v) is 7.18. The van der Waals surface area contributed by atoms with Gasteiger partial charge in [0.15, 0.2) is 0 Å². The van der Waals surface area contributed by atoms with Crippen LogP contribution in [0.25, 0.3) is 10.9 Å². The average molecular weight is 331 g/mol. The van der Waals surface area contributed by atoms with Crippen LogP contribution in [0.3, 0.4) is 0 Å². The number of rotatable bonds is 3. The van der Waals surface area contributed by atoms with Crippen LogP contribution in [0.2, 0.25) is 0 Å². The van der Waals surface area contributed by atoms with Gasteiger partial charge in [-0.15, -0.1) is 0 Å². The molecule has 0 spiro atoms. The molecule has 1 N–H and O–H groups in total. The van der Waals surface area contributed by atoms with E-state index in [1.165, 1.54) is 6.07 Å². The highest BCUT2D eigenvalue weighted by atomic mass is 32.2. The maximum Gasteiger partial charge on any atom is 0.254 e. The summed E-state index contributed by atoms with van der Waals surface area (Å²) in [5.41, 5.74) is 0.952. The molecule has 1 fully saturated rings. The van der Waals surface area contributed by atoms with Gasteiger partial charge in [0.25, 0.3) is 5.91 Å². The third-order valence-electron chi connectivity index (χ3n) is 4.47. The Kier molecular flexibility index (Phi) is 4.46. The van der Waals surface area contributed by atoms with Gasteiger partial charge >= 0.3 is 0 Å². The molecule has 1 saturated heterocycles. The number of likely N-dealkylation sites (N-methyl/N-ethyl adjacent to an activating group) is 1. The van der Waals surface area contributed by atoms with E-state index < -0.39 is 0 Å². The summed E-state index contributed by atoms with van der Waals surface area (Å²) < 4.78 is 0. The van der Waals surface area contributed by atoms with Gasteiger partial charge in [-0.3, -0.25) is 9.59 Å². The van der Waals surface area contributed by atoms with Gasteiger partial charge in [0.05, 0.1) is 5.56 Å². The number of nitrogens with zero attached hydrogens (tertiary/aromatic N) is 2. The summed E-state index contributed by atoms with van der Waals surface area (Å²) in [5, 5.41) is 1.19. The van der Waals surface area contributed by atoms with Gasteiger partial charge in [0, 0.05) is 41.4 Å². The van der Waals surface area contributed by atoms with Crippen LogP contribution in [-0.2, 0) is 0 Å². The minimum absolute atomic E-state index is 0.0595. The second kappa shape index (κ2) is 6.37. The first kappa shape index (κ1) is 16.1. The molecule has 0 bridgehead atoms. The number of amides is 1. The summed E-state index contributed by atoms with van der Waals surface area (Å²) >= 11 is 1.79. The van der Waals surface area contributed by atoms with Crippen LogP contribution in [0.15, 0.2) is 35.1 Å². The van der Waals surface area contributed by atoms with Crippen molar-refractivity contribution in [1.29, 1.82) is 0 Å². The fraction of sp³-hybridized carbons (Fsp3) is 0.412. The molecule has 0 radical (unpaired) electrons. The molecule has 1 aromatic carbocycles. The quantitative estimate of drug-likeness (QED) is 0.929. The van der Waals surface area contributed by atoms with Crippen molar-refractivity contribution in [3.8, 4) is 0 Å². The van der Waals surface area contributed by atoms with E-state index in [2.05, 4.69) is 16.1 Å². The number of pyridine rings is 1. The fourth-order valence-corrected chi connectivity index (χ4v) is 4.17. The van der Waals surface area contributed by atoms with Crippen molar-refractivity contribution in [3.05, 3.63) is 46.2 Å². The Bertz CT molecular complexity index is 787. The molecule has 0 saturated carbocycles. The molecule has 1 aromatic heterocycles. The highest BCUT2D eigenvalue weighted by molar-refractivity contribution is 7.99. The Balaban J connectivity index is 1.97. The molecule has 3 rings (SSSR count). The van der Waals surface area contributed by atoms with E-state index in [0.717, 1.165) is 5.39 Å². The van der Waals surface area contributed by atoms with E-state index in [-0.39, 0.29) is 11.5 Å². The number of thioether (sulfide) groups is 1. The van der Waals surface area contributed by atoms with E-state index in [4.69, 9.17) is 0 Å². The van der Waals surface area contributed by atoms with E-state index in [1.807, 2.05) is 43.3 Å². The molecule has 23 heavy (non-hydrogen) atoms. The number of carbonyl (C=O) groups is 1. The fourth-order valence-electron chi connectivity index (χ4n) is 3.20. The van der Waals surface area contributed by atoms with Crippen molar-refractivity contribution >= 4 is 28.6 Å². The Morgan fingerprint density at radius 2 is 2.04 bits per heavy atom. The molecule has 1 aliphatic heterocycles. The predicted octanol–water partition coefficient (Wildman–Crippen LogP) is 1.65. The largest absolute Gasteiger partial charge is 0.336 e. The summed E-state index contributed by atoms with van der Waals surface area (Å²) in [5.74, 6) is -0.0595. The molecule has 1 amide bonds. The molecule has 2 atom stereocenters. The molecule has 1 aliphatic rings. The summed E-state index contributed by atoms with van der Waals surface area (Å²) in [6, 6.07) is 9.20. The number of carbonyl (C=O) groups excluding carboxylic acids is 1. The topological polar surface area (TPSA) is 56.4 Å². The van der Waals surface area contributed by atoms with Gasteiger partial charge in [-0.05, 0) is 26.4 Å². The Labute approximate surface area is 139 Å². The lowest BCUT2D eigenvalue weighted by atomic mass is 10.1. The van der Waals surface area contributed by atoms with Crippen molar-refractivity contribution in [1.82, 2.24) is 14.8 Å². The van der Waals surface area contributed by atoms with E-state index in [0.29, 0.717) is 35.5 Å². The number of aromatic amines is 1. The van der Waals surface area contributed by atoms with Gasteiger partial charge in [-0.1, -0.05) is 18.2 Å². The lowest BCUT2D eigenvalue weighted by Crippen LogP contribution is -2.37. The minimum atomic E-state index is -0.239. The van der Waals surface area contributed by atoms with Gasteiger partial charge in [-0.2, -0.15) is 11.8 Å². The third kappa shape index (κ3) is 3.01. The molecular weight excluding hydrogens is 310 g/mol. The number of hydrogen-bond acceptors (Lipinski definition) is 4. The Hall–Kier alpha value is -1.79. The third-order valence-corrected chi connectivity index (χ3v) is 5.54. The van der Waals surface area contributed by atoms with Gasteiger partial charge in [0.1, 0.15) is 0 Å². The molecule has 122 valence electrons. The molecule has 5 nitrogen and oxygen atoms in total. The molecule has 2 heterocycles. The summed E-state index contributed by atoms with van der Waals surface area (Å²) in [6.07, 6.45) is 2.08. The van der Waals surface area contributed by atoms with Crippen molar-refractivity contribution in [2.45, 2.75) is 11.3 Å². The van der Waals surface area contributed by atoms with Gasteiger partial charge in [-0.25, -0.2) is 0 Å². The molecular formula is C17H21N3O2S. The zero-order valence-corrected chi connectivity index (χ0v) is 14.4. The molecule has 2 unspecified atom stereocenters. The first-order chi connectivity index (χ1) is 11.0. The highest BCUT2D eigenvalue weighted by Crippen LogP contribution is 2.26. The van der Waals surface area contributed by atoms with Crippen LogP contribution < -0.4 is 5.56 Å². The van der Waals surface area contributed by atoms with Crippen LogP contribution >= 0.6 is 11.8 Å². The number of likely N-dealkylation sites (tertiary alicyclic amines) is 1. The number of aromatic nitrogens is 1. The Morgan fingerprint density at radius 3 is 2.70 bits per heavy atom. The number of para-hydroxylation sites is 1. The first-order valence-electron chi connectivity index (χ1n) is 7.62. The maximum absolute atomic E-state index is 13.0. The van der Waals surface area contributed by atoms with Crippen molar-refractivity contribution < 1.29 is 4.79 Å². The summed E-state index contributed by atoms with van der Waals surface area (Å²) in [7, 11) is 4.09. The predicted molar refractivity (Wildman–Crippen MR) is 95.3 cm³/mol. The number of nitrogens with one attached hydrogen (secondary N) is 1. The van der Waals surface area contributed by atoms with Crippen molar-refractivity contribution in [2.75, 3.05) is 33.4 Å². The average Bonchev–Trinajstić information content (AvgIpc) is 2.98. The van der Waals surface area contributed by atoms with Crippen LogP contribution in [0.1, 0.15) is 10.4 Å².